The third-order valence-corrected chi connectivity index (χ3v) is 3.53. The monoisotopic (exact) mass is 295 g/mol. The normalized spacial score (nSPS) is 10.8. The number of pyridine rings is 1. The highest BCUT2D eigenvalue weighted by Gasteiger charge is 2.07. The smallest absolute Gasteiger partial charge is 0.219 e. The number of carbonyl (C=O) groups is 1. The van der Waals surface area contributed by atoms with Gasteiger partial charge >= 0.3 is 0 Å². The lowest BCUT2D eigenvalue weighted by molar-refractivity contribution is -0.128. The number of carbonyl (C=O) groups excluding carboxylic acids is 1. The Morgan fingerprint density at radius 3 is 3.00 bits per heavy atom. The number of benzene rings is 1. The van der Waals surface area contributed by atoms with Crippen LogP contribution in [-0.2, 0) is 17.9 Å². The van der Waals surface area contributed by atoms with Crippen molar-refractivity contribution in [2.45, 2.75) is 20.0 Å². The van der Waals surface area contributed by atoms with Crippen LogP contribution < -0.4 is 0 Å². The van der Waals surface area contributed by atoms with Crippen molar-refractivity contribution >= 4 is 16.8 Å². The molecule has 2 aromatic heterocycles. The number of hydrogen-bond acceptors (Lipinski definition) is 4. The van der Waals surface area contributed by atoms with Crippen molar-refractivity contribution in [1.82, 2.24) is 24.9 Å². The first-order valence-electron chi connectivity index (χ1n) is 7.06. The maximum Gasteiger partial charge on any atom is 0.219 e. The maximum atomic E-state index is 11.2. The maximum absolute atomic E-state index is 11.2. The Kier molecular flexibility index (Phi) is 3.82. The van der Waals surface area contributed by atoms with Gasteiger partial charge in [-0.1, -0.05) is 17.3 Å². The number of amides is 1. The lowest BCUT2D eigenvalue weighted by Gasteiger charge is -2.11. The molecule has 22 heavy (non-hydrogen) atoms. The first kappa shape index (κ1) is 14.2. The second-order valence-electron chi connectivity index (χ2n) is 5.31. The Morgan fingerprint density at radius 1 is 1.32 bits per heavy atom. The van der Waals surface area contributed by atoms with E-state index in [-0.39, 0.29) is 5.91 Å². The molecule has 3 aromatic rings. The molecule has 0 fully saturated rings. The van der Waals surface area contributed by atoms with Gasteiger partial charge in [0, 0.05) is 25.6 Å². The van der Waals surface area contributed by atoms with Crippen LogP contribution in [0.1, 0.15) is 18.2 Å². The third kappa shape index (κ3) is 3.11. The van der Waals surface area contributed by atoms with Gasteiger partial charge in [0.05, 0.1) is 24.8 Å². The molecule has 0 unspecified atom stereocenters. The van der Waals surface area contributed by atoms with Crippen LogP contribution in [0.25, 0.3) is 10.9 Å². The van der Waals surface area contributed by atoms with Crippen LogP contribution in [0, 0.1) is 0 Å². The van der Waals surface area contributed by atoms with E-state index < -0.39 is 0 Å². The van der Waals surface area contributed by atoms with Crippen LogP contribution >= 0.6 is 0 Å². The van der Waals surface area contributed by atoms with Gasteiger partial charge in [0.15, 0.2) is 0 Å². The molecule has 0 aliphatic rings. The van der Waals surface area contributed by atoms with E-state index in [1.165, 1.54) is 6.92 Å². The molecule has 0 aliphatic heterocycles. The standard InChI is InChI=1S/C16H17N5O/c1-12(22)20(2)10-15-11-21(19-18-15)9-13-5-6-16-14(8-13)4-3-7-17-16/h3-8,11H,9-10H2,1-2H3. The number of fused-ring (bicyclic) bond motifs is 1. The summed E-state index contributed by atoms with van der Waals surface area (Å²) in [4.78, 5) is 17.2. The van der Waals surface area contributed by atoms with Crippen molar-refractivity contribution in [3.63, 3.8) is 0 Å². The Hall–Kier alpha value is -2.76. The fourth-order valence-electron chi connectivity index (χ4n) is 2.25. The summed E-state index contributed by atoms with van der Waals surface area (Å²) in [5.41, 5.74) is 2.89. The molecule has 0 saturated heterocycles. The van der Waals surface area contributed by atoms with Gasteiger partial charge in [0.2, 0.25) is 5.91 Å². The van der Waals surface area contributed by atoms with Crippen molar-refractivity contribution in [3.05, 3.63) is 54.0 Å². The Bertz CT molecular complexity index is 811. The van der Waals surface area contributed by atoms with E-state index in [0.29, 0.717) is 13.1 Å². The summed E-state index contributed by atoms with van der Waals surface area (Å²) in [5, 5.41) is 9.33. The van der Waals surface area contributed by atoms with Gasteiger partial charge in [-0.25, -0.2) is 4.68 Å². The van der Waals surface area contributed by atoms with Gasteiger partial charge in [-0.05, 0) is 23.8 Å². The third-order valence-electron chi connectivity index (χ3n) is 3.53. The molecule has 1 amide bonds. The average Bonchev–Trinajstić information content (AvgIpc) is 2.94. The fourth-order valence-corrected chi connectivity index (χ4v) is 2.25. The first-order valence-corrected chi connectivity index (χ1v) is 7.06. The van der Waals surface area contributed by atoms with Crippen molar-refractivity contribution < 1.29 is 4.79 Å². The molecule has 0 aliphatic carbocycles. The second kappa shape index (κ2) is 5.93. The predicted molar refractivity (Wildman–Crippen MR) is 83.0 cm³/mol. The SMILES string of the molecule is CC(=O)N(C)Cc1cn(Cc2ccc3ncccc3c2)nn1. The Labute approximate surface area is 128 Å². The number of nitrogens with zero attached hydrogens (tertiary/aromatic N) is 5. The molecular formula is C16H17N5O. The molecule has 0 bridgehead atoms. The van der Waals surface area contributed by atoms with E-state index in [9.17, 15) is 4.79 Å². The molecule has 0 N–H and O–H groups in total. The van der Waals surface area contributed by atoms with E-state index in [1.807, 2.05) is 30.5 Å². The van der Waals surface area contributed by atoms with Crippen molar-refractivity contribution in [2.75, 3.05) is 7.05 Å². The molecule has 0 atom stereocenters. The summed E-state index contributed by atoms with van der Waals surface area (Å²) in [5.74, 6) is 0.0107. The minimum atomic E-state index is 0.0107. The van der Waals surface area contributed by atoms with Crippen LogP contribution in [0.3, 0.4) is 0 Å². The van der Waals surface area contributed by atoms with Gasteiger partial charge in [0.25, 0.3) is 0 Å². The van der Waals surface area contributed by atoms with Gasteiger partial charge in [-0.2, -0.15) is 0 Å². The molecule has 1 aromatic carbocycles. The number of aromatic nitrogens is 4. The highest BCUT2D eigenvalue weighted by atomic mass is 16.2. The summed E-state index contributed by atoms with van der Waals surface area (Å²) in [6, 6.07) is 10.1. The molecule has 6 nitrogen and oxygen atoms in total. The number of rotatable bonds is 4. The van der Waals surface area contributed by atoms with Gasteiger partial charge in [0.1, 0.15) is 5.69 Å². The fraction of sp³-hybridized carbons (Fsp3) is 0.250. The predicted octanol–water partition coefficient (Wildman–Crippen LogP) is 1.85. The summed E-state index contributed by atoms with van der Waals surface area (Å²) >= 11 is 0. The van der Waals surface area contributed by atoms with Crippen molar-refractivity contribution in [1.29, 1.82) is 0 Å². The van der Waals surface area contributed by atoms with Gasteiger partial charge in [-0.15, -0.1) is 5.10 Å². The van der Waals surface area contributed by atoms with E-state index >= 15 is 0 Å². The molecule has 2 heterocycles. The zero-order valence-electron chi connectivity index (χ0n) is 12.6. The highest BCUT2D eigenvalue weighted by Crippen LogP contribution is 2.14. The molecule has 0 saturated carbocycles. The molecule has 112 valence electrons. The van der Waals surface area contributed by atoms with Crippen LogP contribution in [-0.4, -0.2) is 37.8 Å². The minimum Gasteiger partial charge on any atom is -0.340 e. The number of hydrogen-bond donors (Lipinski definition) is 0. The minimum absolute atomic E-state index is 0.0107. The molecule has 3 rings (SSSR count). The van der Waals surface area contributed by atoms with Gasteiger partial charge < -0.3 is 4.90 Å². The summed E-state index contributed by atoms with van der Waals surface area (Å²) in [6.07, 6.45) is 3.66. The zero-order valence-corrected chi connectivity index (χ0v) is 12.6. The van der Waals surface area contributed by atoms with Crippen molar-refractivity contribution in [2.24, 2.45) is 0 Å². The van der Waals surface area contributed by atoms with E-state index in [0.717, 1.165) is 22.2 Å². The summed E-state index contributed by atoms with van der Waals surface area (Å²) < 4.78 is 1.78. The lowest BCUT2D eigenvalue weighted by Crippen LogP contribution is -2.23. The molecule has 6 heteroatoms. The zero-order chi connectivity index (χ0) is 15.5. The molecule has 0 radical (unpaired) electrons. The van der Waals surface area contributed by atoms with Crippen LogP contribution in [0.4, 0.5) is 0 Å². The second-order valence-corrected chi connectivity index (χ2v) is 5.31. The molecular weight excluding hydrogens is 278 g/mol. The van der Waals surface area contributed by atoms with E-state index in [2.05, 4.69) is 21.4 Å². The van der Waals surface area contributed by atoms with Crippen molar-refractivity contribution in [3.8, 4) is 0 Å². The summed E-state index contributed by atoms with van der Waals surface area (Å²) in [6.45, 7) is 2.64. The van der Waals surface area contributed by atoms with E-state index in [1.54, 1.807) is 22.8 Å². The summed E-state index contributed by atoms with van der Waals surface area (Å²) in [7, 11) is 1.75. The van der Waals surface area contributed by atoms with E-state index in [4.69, 9.17) is 0 Å². The highest BCUT2D eigenvalue weighted by molar-refractivity contribution is 5.78. The lowest BCUT2D eigenvalue weighted by atomic mass is 10.1. The van der Waals surface area contributed by atoms with Crippen LogP contribution in [0.2, 0.25) is 0 Å². The van der Waals surface area contributed by atoms with Gasteiger partial charge in [-0.3, -0.25) is 9.78 Å². The average molecular weight is 295 g/mol. The first-order chi connectivity index (χ1) is 10.6. The topological polar surface area (TPSA) is 63.9 Å². The molecule has 0 spiro atoms. The largest absolute Gasteiger partial charge is 0.340 e. The quantitative estimate of drug-likeness (QED) is 0.737. The van der Waals surface area contributed by atoms with Crippen LogP contribution in [0.5, 0.6) is 0 Å². The van der Waals surface area contributed by atoms with Crippen LogP contribution in [0.15, 0.2) is 42.7 Å². The Morgan fingerprint density at radius 2 is 2.18 bits per heavy atom. The Balaban J connectivity index is 1.74.